The van der Waals surface area contributed by atoms with Crippen LogP contribution in [-0.2, 0) is 0 Å². The number of rotatable bonds is 3. The average Bonchev–Trinajstić information content (AvgIpc) is 2.97. The van der Waals surface area contributed by atoms with Crippen LogP contribution in [0.3, 0.4) is 0 Å². The van der Waals surface area contributed by atoms with E-state index in [9.17, 15) is 10.2 Å². The normalized spacial score (nSPS) is 10.8. The van der Waals surface area contributed by atoms with E-state index in [1.54, 1.807) is 30.3 Å². The largest absolute Gasteiger partial charge is 0.507 e. The average molecular weight is 286 g/mol. The van der Waals surface area contributed by atoms with E-state index in [2.05, 4.69) is 0 Å². The number of fused-ring (bicyclic) bond motifs is 1. The molecule has 0 radical (unpaired) electrons. The van der Waals surface area contributed by atoms with Crippen molar-refractivity contribution in [1.29, 1.82) is 0 Å². The second-order valence-corrected chi connectivity index (χ2v) is 4.52. The third kappa shape index (κ3) is 2.03. The van der Waals surface area contributed by atoms with Gasteiger partial charge < -0.3 is 24.1 Å². The third-order valence-electron chi connectivity index (χ3n) is 3.40. The molecule has 0 atom stereocenters. The van der Waals surface area contributed by atoms with Crippen molar-refractivity contribution in [3.63, 3.8) is 0 Å². The highest BCUT2D eigenvalue weighted by atomic mass is 16.5. The standard InChI is InChI=1S/C16H14O5/c1-19-13-7-9(8-14(20-2)16(13)18)10-3-4-12-11(15(10)17)5-6-21-12/h3-8,17-18H,1-2H3. The molecule has 0 fully saturated rings. The van der Waals surface area contributed by atoms with Crippen LogP contribution in [0.4, 0.5) is 0 Å². The number of aromatic hydroxyl groups is 2. The van der Waals surface area contributed by atoms with Crippen LogP contribution in [0.1, 0.15) is 0 Å². The van der Waals surface area contributed by atoms with Crippen molar-refractivity contribution in [1.82, 2.24) is 0 Å². The number of methoxy groups -OCH3 is 2. The lowest BCUT2D eigenvalue weighted by atomic mass is 10.0. The molecule has 2 N–H and O–H groups in total. The van der Waals surface area contributed by atoms with Crippen molar-refractivity contribution < 1.29 is 24.1 Å². The Labute approximate surface area is 121 Å². The van der Waals surface area contributed by atoms with Crippen LogP contribution in [0.5, 0.6) is 23.0 Å². The third-order valence-corrected chi connectivity index (χ3v) is 3.40. The van der Waals surface area contributed by atoms with Gasteiger partial charge in [-0.25, -0.2) is 0 Å². The van der Waals surface area contributed by atoms with Gasteiger partial charge in [0, 0.05) is 5.56 Å². The number of ether oxygens (including phenoxy) is 2. The van der Waals surface area contributed by atoms with Gasteiger partial charge in [-0.1, -0.05) is 0 Å². The first-order chi connectivity index (χ1) is 10.2. The summed E-state index contributed by atoms with van der Waals surface area (Å²) in [7, 11) is 2.91. The van der Waals surface area contributed by atoms with Crippen LogP contribution >= 0.6 is 0 Å². The maximum absolute atomic E-state index is 10.4. The summed E-state index contributed by atoms with van der Waals surface area (Å²) in [5.74, 6) is 0.579. The molecule has 0 saturated heterocycles. The molecular formula is C16H14O5. The Morgan fingerprint density at radius 3 is 2.19 bits per heavy atom. The molecule has 0 bridgehead atoms. The minimum atomic E-state index is -0.0763. The van der Waals surface area contributed by atoms with Gasteiger partial charge in [-0.15, -0.1) is 0 Å². The van der Waals surface area contributed by atoms with E-state index in [0.717, 1.165) is 0 Å². The van der Waals surface area contributed by atoms with E-state index >= 15 is 0 Å². The molecule has 0 amide bonds. The Kier molecular flexibility index (Phi) is 3.10. The molecule has 5 nitrogen and oxygen atoms in total. The van der Waals surface area contributed by atoms with Crippen LogP contribution in [0.2, 0.25) is 0 Å². The fourth-order valence-electron chi connectivity index (χ4n) is 2.31. The Bertz CT molecular complexity index is 779. The van der Waals surface area contributed by atoms with E-state index in [-0.39, 0.29) is 23.0 Å². The van der Waals surface area contributed by atoms with Crippen LogP contribution in [0.15, 0.2) is 41.0 Å². The molecule has 0 aliphatic rings. The molecule has 21 heavy (non-hydrogen) atoms. The molecule has 5 heteroatoms. The van der Waals surface area contributed by atoms with Gasteiger partial charge in [-0.05, 0) is 35.9 Å². The molecule has 108 valence electrons. The molecule has 1 aromatic heterocycles. The quantitative estimate of drug-likeness (QED) is 0.770. The molecule has 0 unspecified atom stereocenters. The fourth-order valence-corrected chi connectivity index (χ4v) is 2.31. The van der Waals surface area contributed by atoms with Crippen molar-refractivity contribution >= 4 is 11.0 Å². The summed E-state index contributed by atoms with van der Waals surface area (Å²) < 4.78 is 15.5. The number of phenols is 2. The van der Waals surface area contributed by atoms with Gasteiger partial charge >= 0.3 is 0 Å². The smallest absolute Gasteiger partial charge is 0.200 e. The van der Waals surface area contributed by atoms with Gasteiger partial charge in [0.25, 0.3) is 0 Å². The zero-order chi connectivity index (χ0) is 15.0. The first kappa shape index (κ1) is 13.2. The van der Waals surface area contributed by atoms with Crippen molar-refractivity contribution in [3.05, 3.63) is 36.6 Å². The number of hydrogen-bond donors (Lipinski definition) is 2. The molecule has 0 spiro atoms. The van der Waals surface area contributed by atoms with Gasteiger partial charge in [0.15, 0.2) is 11.5 Å². The number of furan rings is 1. The Morgan fingerprint density at radius 2 is 1.57 bits per heavy atom. The Balaban J connectivity index is 2.24. The topological polar surface area (TPSA) is 72.1 Å². The SMILES string of the molecule is COc1cc(-c2ccc3occc3c2O)cc(OC)c1O. The second kappa shape index (κ2) is 4.94. The highest BCUT2D eigenvalue weighted by molar-refractivity contribution is 5.92. The van der Waals surface area contributed by atoms with Gasteiger partial charge in [0.2, 0.25) is 5.75 Å². The second-order valence-electron chi connectivity index (χ2n) is 4.52. The molecular weight excluding hydrogens is 272 g/mol. The highest BCUT2D eigenvalue weighted by Gasteiger charge is 2.16. The molecule has 0 aliphatic heterocycles. The summed E-state index contributed by atoms with van der Waals surface area (Å²) in [4.78, 5) is 0. The lowest BCUT2D eigenvalue weighted by molar-refractivity contribution is 0.340. The van der Waals surface area contributed by atoms with Crippen LogP contribution in [0.25, 0.3) is 22.1 Å². The molecule has 3 aromatic rings. The van der Waals surface area contributed by atoms with Gasteiger partial charge in [0.05, 0.1) is 25.9 Å². The van der Waals surface area contributed by atoms with Crippen LogP contribution < -0.4 is 9.47 Å². The first-order valence-corrected chi connectivity index (χ1v) is 6.30. The Morgan fingerprint density at radius 1 is 0.905 bits per heavy atom. The molecule has 2 aromatic carbocycles. The number of phenolic OH excluding ortho intramolecular Hbond substituents is 2. The molecule has 1 heterocycles. The van der Waals surface area contributed by atoms with Crippen molar-refractivity contribution in [2.24, 2.45) is 0 Å². The van der Waals surface area contributed by atoms with E-state index in [1.807, 2.05) is 0 Å². The minimum Gasteiger partial charge on any atom is -0.507 e. The summed E-state index contributed by atoms with van der Waals surface area (Å²) in [6.07, 6.45) is 1.52. The lowest BCUT2D eigenvalue weighted by Crippen LogP contribution is -1.91. The van der Waals surface area contributed by atoms with E-state index < -0.39 is 0 Å². The number of hydrogen-bond acceptors (Lipinski definition) is 5. The molecule has 0 aliphatic carbocycles. The summed E-state index contributed by atoms with van der Waals surface area (Å²) in [6.45, 7) is 0. The fraction of sp³-hybridized carbons (Fsp3) is 0.125. The first-order valence-electron chi connectivity index (χ1n) is 6.30. The summed E-state index contributed by atoms with van der Waals surface area (Å²) >= 11 is 0. The van der Waals surface area contributed by atoms with Crippen molar-refractivity contribution in [2.45, 2.75) is 0 Å². The summed E-state index contributed by atoms with van der Waals surface area (Å²) in [6, 6.07) is 8.49. The predicted octanol–water partition coefficient (Wildman–Crippen LogP) is 3.53. The van der Waals surface area contributed by atoms with Crippen LogP contribution in [0, 0.1) is 0 Å². The van der Waals surface area contributed by atoms with Crippen molar-refractivity contribution in [3.8, 4) is 34.1 Å². The summed E-state index contributed by atoms with van der Waals surface area (Å²) in [5.41, 5.74) is 1.87. The Hall–Kier alpha value is -2.82. The maximum Gasteiger partial charge on any atom is 0.200 e. The highest BCUT2D eigenvalue weighted by Crippen LogP contribution is 2.43. The zero-order valence-corrected chi connectivity index (χ0v) is 11.6. The van der Waals surface area contributed by atoms with E-state index in [1.165, 1.54) is 20.5 Å². The van der Waals surface area contributed by atoms with Gasteiger partial charge in [0.1, 0.15) is 11.3 Å². The van der Waals surface area contributed by atoms with Gasteiger partial charge in [-0.3, -0.25) is 0 Å². The van der Waals surface area contributed by atoms with E-state index in [4.69, 9.17) is 13.9 Å². The monoisotopic (exact) mass is 286 g/mol. The lowest BCUT2D eigenvalue weighted by Gasteiger charge is -2.12. The molecule has 3 rings (SSSR count). The zero-order valence-electron chi connectivity index (χ0n) is 11.6. The van der Waals surface area contributed by atoms with Crippen molar-refractivity contribution in [2.75, 3.05) is 14.2 Å². The van der Waals surface area contributed by atoms with Gasteiger partial charge in [-0.2, -0.15) is 0 Å². The number of benzene rings is 2. The van der Waals surface area contributed by atoms with Crippen LogP contribution in [-0.4, -0.2) is 24.4 Å². The minimum absolute atomic E-state index is 0.0763. The summed E-state index contributed by atoms with van der Waals surface area (Å²) in [5, 5.41) is 20.9. The molecule has 0 saturated carbocycles. The maximum atomic E-state index is 10.4. The predicted molar refractivity (Wildman–Crippen MR) is 78.1 cm³/mol. The van der Waals surface area contributed by atoms with E-state index in [0.29, 0.717) is 22.1 Å².